The van der Waals surface area contributed by atoms with Crippen LogP contribution in [0.4, 0.5) is 0 Å². The van der Waals surface area contributed by atoms with Crippen LogP contribution >= 0.6 is 11.6 Å². The first-order chi connectivity index (χ1) is 11.4. The Morgan fingerprint density at radius 1 is 1.08 bits per heavy atom. The monoisotopic (exact) mass is 365 g/mol. The van der Waals surface area contributed by atoms with Gasteiger partial charge in [-0.05, 0) is 42.2 Å². The molecular formula is C17H16ClNO4S. The molecule has 5 nitrogen and oxygen atoms in total. The zero-order valence-electron chi connectivity index (χ0n) is 12.8. The third-order valence-electron chi connectivity index (χ3n) is 4.08. The van der Waals surface area contributed by atoms with E-state index in [4.69, 9.17) is 11.6 Å². The Morgan fingerprint density at radius 2 is 1.75 bits per heavy atom. The second kappa shape index (κ2) is 6.55. The number of halogens is 1. The number of hydrogen-bond acceptors (Lipinski definition) is 3. The second-order valence-electron chi connectivity index (χ2n) is 5.61. The van der Waals surface area contributed by atoms with Crippen molar-refractivity contribution in [3.05, 3.63) is 53.1 Å². The fraction of sp³-hybridized carbons (Fsp3) is 0.235. The van der Waals surface area contributed by atoms with Gasteiger partial charge in [-0.1, -0.05) is 35.9 Å². The molecule has 7 heteroatoms. The van der Waals surface area contributed by atoms with Gasteiger partial charge in [0.05, 0.1) is 15.5 Å². The first-order valence-corrected chi connectivity index (χ1v) is 9.35. The van der Waals surface area contributed by atoms with E-state index < -0.39 is 16.0 Å². The van der Waals surface area contributed by atoms with E-state index in [0.717, 1.165) is 12.8 Å². The van der Waals surface area contributed by atoms with Gasteiger partial charge in [-0.2, -0.15) is 4.31 Å². The van der Waals surface area contributed by atoms with Gasteiger partial charge in [0.2, 0.25) is 10.0 Å². The number of hydrogen-bond donors (Lipinski definition) is 1. The van der Waals surface area contributed by atoms with Crippen molar-refractivity contribution in [3.63, 3.8) is 0 Å². The van der Waals surface area contributed by atoms with Gasteiger partial charge in [0.15, 0.2) is 0 Å². The first-order valence-electron chi connectivity index (χ1n) is 7.53. The molecule has 1 saturated heterocycles. The average Bonchev–Trinajstić information content (AvgIpc) is 3.09. The van der Waals surface area contributed by atoms with Crippen LogP contribution in [0.3, 0.4) is 0 Å². The summed E-state index contributed by atoms with van der Waals surface area (Å²) in [5.74, 6) is -1.15. The van der Waals surface area contributed by atoms with Gasteiger partial charge in [0, 0.05) is 13.1 Å². The smallest absolute Gasteiger partial charge is 0.337 e. The van der Waals surface area contributed by atoms with Crippen molar-refractivity contribution in [2.24, 2.45) is 0 Å². The molecule has 1 heterocycles. The number of carboxylic acids is 1. The summed E-state index contributed by atoms with van der Waals surface area (Å²) in [5.41, 5.74) is 0.874. The Hall–Kier alpha value is -1.89. The van der Waals surface area contributed by atoms with Crippen LogP contribution in [0.25, 0.3) is 11.1 Å². The molecule has 0 spiro atoms. The third-order valence-corrected chi connectivity index (χ3v) is 6.28. The van der Waals surface area contributed by atoms with Crippen LogP contribution in [-0.2, 0) is 10.0 Å². The Labute approximate surface area is 145 Å². The molecule has 0 amide bonds. The van der Waals surface area contributed by atoms with Gasteiger partial charge >= 0.3 is 5.97 Å². The molecule has 0 aromatic heterocycles. The van der Waals surface area contributed by atoms with Gasteiger partial charge in [-0.15, -0.1) is 0 Å². The van der Waals surface area contributed by atoms with E-state index in [1.165, 1.54) is 22.5 Å². The quantitative estimate of drug-likeness (QED) is 0.899. The maximum Gasteiger partial charge on any atom is 0.337 e. The van der Waals surface area contributed by atoms with Crippen LogP contribution in [0.1, 0.15) is 23.2 Å². The molecule has 1 aliphatic heterocycles. The van der Waals surface area contributed by atoms with Crippen molar-refractivity contribution in [1.82, 2.24) is 4.31 Å². The Morgan fingerprint density at radius 3 is 2.42 bits per heavy atom. The van der Waals surface area contributed by atoms with E-state index in [2.05, 4.69) is 0 Å². The molecule has 126 valence electrons. The standard InChI is InChI=1S/C17H16ClNO4S/c18-15-8-4-7-14(16(15)17(20)21)12-5-3-6-13(11-12)24(22,23)19-9-1-2-10-19/h3-8,11H,1-2,9-10H2,(H,20,21). The fourth-order valence-electron chi connectivity index (χ4n) is 2.88. The molecule has 24 heavy (non-hydrogen) atoms. The predicted octanol–water partition coefficient (Wildman–Crippen LogP) is 3.49. The Bertz CT molecular complexity index is 889. The highest BCUT2D eigenvalue weighted by Crippen LogP contribution is 2.31. The van der Waals surface area contributed by atoms with Gasteiger partial charge in [0.1, 0.15) is 0 Å². The summed E-state index contributed by atoms with van der Waals surface area (Å²) in [6, 6.07) is 11.1. The van der Waals surface area contributed by atoms with E-state index in [1.807, 2.05) is 0 Å². The molecule has 3 rings (SSSR count). The zero-order valence-corrected chi connectivity index (χ0v) is 14.3. The first kappa shape index (κ1) is 17.0. The molecule has 0 bridgehead atoms. The summed E-state index contributed by atoms with van der Waals surface area (Å²) in [5, 5.41) is 9.52. The minimum absolute atomic E-state index is 0.0325. The predicted molar refractivity (Wildman–Crippen MR) is 91.8 cm³/mol. The van der Waals surface area contributed by atoms with Crippen LogP contribution in [0.5, 0.6) is 0 Å². The summed E-state index contributed by atoms with van der Waals surface area (Å²) < 4.78 is 26.8. The van der Waals surface area contributed by atoms with Gasteiger partial charge in [0.25, 0.3) is 0 Å². The van der Waals surface area contributed by atoms with E-state index in [0.29, 0.717) is 24.2 Å². The van der Waals surface area contributed by atoms with Crippen molar-refractivity contribution in [2.45, 2.75) is 17.7 Å². The lowest BCUT2D eigenvalue weighted by Crippen LogP contribution is -2.27. The molecular weight excluding hydrogens is 350 g/mol. The number of carboxylic acid groups (broad SMARTS) is 1. The number of carbonyl (C=O) groups is 1. The lowest BCUT2D eigenvalue weighted by atomic mass is 10.00. The zero-order chi connectivity index (χ0) is 17.3. The normalized spacial score (nSPS) is 15.5. The van der Waals surface area contributed by atoms with Crippen molar-refractivity contribution in [1.29, 1.82) is 0 Å². The van der Waals surface area contributed by atoms with Crippen LogP contribution in [-0.4, -0.2) is 36.9 Å². The lowest BCUT2D eigenvalue weighted by Gasteiger charge is -2.16. The van der Waals surface area contributed by atoms with Crippen molar-refractivity contribution < 1.29 is 18.3 Å². The molecule has 0 saturated carbocycles. The number of nitrogens with zero attached hydrogens (tertiary/aromatic N) is 1. The van der Waals surface area contributed by atoms with Gasteiger partial charge < -0.3 is 5.11 Å². The van der Waals surface area contributed by atoms with Gasteiger partial charge in [-0.3, -0.25) is 0 Å². The maximum absolute atomic E-state index is 12.7. The summed E-state index contributed by atoms with van der Waals surface area (Å²) in [4.78, 5) is 11.7. The molecule has 2 aromatic rings. The maximum atomic E-state index is 12.7. The van der Waals surface area contributed by atoms with Crippen LogP contribution in [0.15, 0.2) is 47.4 Å². The summed E-state index contributed by atoms with van der Waals surface area (Å²) in [6.45, 7) is 1.04. The van der Waals surface area contributed by atoms with Crippen molar-refractivity contribution in [3.8, 4) is 11.1 Å². The van der Waals surface area contributed by atoms with E-state index in [-0.39, 0.29) is 15.5 Å². The van der Waals surface area contributed by atoms with Crippen LogP contribution in [0.2, 0.25) is 5.02 Å². The fourth-order valence-corrected chi connectivity index (χ4v) is 4.70. The molecule has 0 atom stereocenters. The number of rotatable bonds is 4. The Balaban J connectivity index is 2.10. The number of aromatic carboxylic acids is 1. The molecule has 1 aliphatic rings. The van der Waals surface area contributed by atoms with E-state index in [9.17, 15) is 18.3 Å². The largest absolute Gasteiger partial charge is 0.478 e. The number of benzene rings is 2. The van der Waals surface area contributed by atoms with Crippen LogP contribution in [0, 0.1) is 0 Å². The molecule has 0 radical (unpaired) electrons. The summed E-state index contributed by atoms with van der Waals surface area (Å²) in [7, 11) is -3.56. The third kappa shape index (κ3) is 3.05. The summed E-state index contributed by atoms with van der Waals surface area (Å²) >= 11 is 6.00. The highest BCUT2D eigenvalue weighted by Gasteiger charge is 2.27. The van der Waals surface area contributed by atoms with E-state index >= 15 is 0 Å². The average molecular weight is 366 g/mol. The molecule has 0 unspecified atom stereocenters. The lowest BCUT2D eigenvalue weighted by molar-refractivity contribution is 0.0698. The minimum Gasteiger partial charge on any atom is -0.478 e. The Kier molecular flexibility index (Phi) is 4.62. The highest BCUT2D eigenvalue weighted by atomic mass is 35.5. The topological polar surface area (TPSA) is 74.7 Å². The molecule has 1 N–H and O–H groups in total. The molecule has 0 aliphatic carbocycles. The minimum atomic E-state index is -3.56. The second-order valence-corrected chi connectivity index (χ2v) is 7.95. The SMILES string of the molecule is O=C(O)c1c(Cl)cccc1-c1cccc(S(=O)(=O)N2CCCC2)c1. The summed E-state index contributed by atoms with van der Waals surface area (Å²) in [6.07, 6.45) is 1.72. The molecule has 2 aromatic carbocycles. The van der Waals surface area contributed by atoms with Crippen molar-refractivity contribution >= 4 is 27.6 Å². The van der Waals surface area contributed by atoms with Crippen molar-refractivity contribution in [2.75, 3.05) is 13.1 Å². The van der Waals surface area contributed by atoms with Gasteiger partial charge in [-0.25, -0.2) is 13.2 Å². The molecule has 1 fully saturated rings. The van der Waals surface area contributed by atoms with Crippen LogP contribution < -0.4 is 0 Å². The highest BCUT2D eigenvalue weighted by molar-refractivity contribution is 7.89. The number of sulfonamides is 1. The van der Waals surface area contributed by atoms with E-state index in [1.54, 1.807) is 24.3 Å².